The normalized spacial score (nSPS) is 17.0. The molecule has 11 heteroatoms. The summed E-state index contributed by atoms with van der Waals surface area (Å²) in [5.41, 5.74) is 0.921. The van der Waals surface area contributed by atoms with Gasteiger partial charge in [-0.05, 0) is 59.2 Å². The maximum Gasteiger partial charge on any atom is 0.247 e. The highest BCUT2D eigenvalue weighted by Gasteiger charge is 2.44. The Morgan fingerprint density at radius 3 is 2.82 bits per heavy atom. The summed E-state index contributed by atoms with van der Waals surface area (Å²) < 4.78 is 5.18. The number of carbonyl (C=O) groups excluding carboxylic acids is 2. The van der Waals surface area contributed by atoms with Crippen molar-refractivity contribution in [1.29, 1.82) is 0 Å². The lowest BCUT2D eigenvalue weighted by atomic mass is 9.97. The smallest absolute Gasteiger partial charge is 0.247 e. The zero-order chi connectivity index (χ0) is 28.3. The molecule has 0 spiro atoms. The van der Waals surface area contributed by atoms with Crippen LogP contribution in [0.3, 0.4) is 0 Å². The van der Waals surface area contributed by atoms with Crippen molar-refractivity contribution < 1.29 is 14.3 Å². The summed E-state index contributed by atoms with van der Waals surface area (Å²) >= 11 is 0. The number of nitrogens with zero attached hydrogens (tertiary/aromatic N) is 5. The molecule has 39 heavy (non-hydrogen) atoms. The van der Waals surface area contributed by atoms with Gasteiger partial charge in [-0.2, -0.15) is 4.98 Å². The molecule has 2 amide bonds. The first-order chi connectivity index (χ1) is 18.8. The van der Waals surface area contributed by atoms with Gasteiger partial charge in [-0.15, -0.1) is 0 Å². The fourth-order valence-corrected chi connectivity index (χ4v) is 4.45. The maximum absolute atomic E-state index is 13.2. The molecular weight excluding hydrogens is 496 g/mol. The number of hydrogen-bond donors (Lipinski definition) is 3. The van der Waals surface area contributed by atoms with Gasteiger partial charge in [0.15, 0.2) is 0 Å². The molecular formula is C28H42N8O3. The Kier molecular flexibility index (Phi) is 11.0. The van der Waals surface area contributed by atoms with Crippen molar-refractivity contribution >= 4 is 29.3 Å². The van der Waals surface area contributed by atoms with Crippen LogP contribution in [-0.4, -0.2) is 89.5 Å². The van der Waals surface area contributed by atoms with E-state index in [2.05, 4.69) is 37.8 Å². The summed E-state index contributed by atoms with van der Waals surface area (Å²) in [5.74, 6) is 1.52. The number of pyridine rings is 1. The first kappa shape index (κ1) is 29.8. The van der Waals surface area contributed by atoms with Crippen molar-refractivity contribution in [3.05, 3.63) is 42.2 Å². The lowest BCUT2D eigenvalue weighted by molar-refractivity contribution is -0.141. The van der Waals surface area contributed by atoms with Crippen LogP contribution >= 0.6 is 0 Å². The van der Waals surface area contributed by atoms with Gasteiger partial charge in [0.25, 0.3) is 0 Å². The molecule has 3 N–H and O–H groups in total. The topological polar surface area (TPSA) is 125 Å². The largest absolute Gasteiger partial charge is 0.481 e. The molecule has 212 valence electrons. The van der Waals surface area contributed by atoms with Crippen LogP contribution in [0.5, 0.6) is 5.88 Å². The summed E-state index contributed by atoms with van der Waals surface area (Å²) in [5, 5.41) is 9.63. The number of rotatable bonds is 14. The summed E-state index contributed by atoms with van der Waals surface area (Å²) in [6, 6.07) is 3.60. The van der Waals surface area contributed by atoms with Gasteiger partial charge in [0.05, 0.1) is 7.11 Å². The van der Waals surface area contributed by atoms with Crippen LogP contribution in [0.15, 0.2) is 36.7 Å². The maximum atomic E-state index is 13.2. The molecule has 3 rings (SSSR count). The van der Waals surface area contributed by atoms with Crippen LogP contribution in [0.25, 0.3) is 0 Å². The minimum atomic E-state index is -0.834. The van der Waals surface area contributed by atoms with Gasteiger partial charge in [-0.1, -0.05) is 13.0 Å². The highest BCUT2D eigenvalue weighted by molar-refractivity contribution is 5.95. The Balaban J connectivity index is 1.57. The fourth-order valence-electron chi connectivity index (χ4n) is 4.45. The number of anilines is 3. The molecule has 1 atom stereocenters. The monoisotopic (exact) mass is 538 g/mol. The van der Waals surface area contributed by atoms with Crippen LogP contribution in [-0.2, 0) is 16.0 Å². The molecule has 3 heterocycles. The van der Waals surface area contributed by atoms with E-state index in [0.29, 0.717) is 44.3 Å². The first-order valence-electron chi connectivity index (χ1n) is 13.5. The lowest BCUT2D eigenvalue weighted by Gasteiger charge is -2.33. The zero-order valence-corrected chi connectivity index (χ0v) is 23.8. The number of likely N-dealkylation sites (N-methyl/N-ethyl adjacent to an activating group) is 1. The number of nitrogens with one attached hydrogen (secondary N) is 3. The van der Waals surface area contributed by atoms with Crippen molar-refractivity contribution in [2.45, 2.75) is 51.5 Å². The van der Waals surface area contributed by atoms with Crippen molar-refractivity contribution in [1.82, 2.24) is 30.1 Å². The van der Waals surface area contributed by atoms with Crippen LogP contribution in [0.2, 0.25) is 0 Å². The second-order valence-electron chi connectivity index (χ2n) is 10.1. The Morgan fingerprint density at radius 1 is 1.26 bits per heavy atom. The average Bonchev–Trinajstić information content (AvgIpc) is 3.33. The number of aromatic nitrogens is 3. The van der Waals surface area contributed by atoms with Gasteiger partial charge >= 0.3 is 0 Å². The van der Waals surface area contributed by atoms with E-state index in [0.717, 1.165) is 42.9 Å². The van der Waals surface area contributed by atoms with Crippen molar-refractivity contribution in [2.75, 3.05) is 58.0 Å². The number of methoxy groups -OCH3 is 1. The summed E-state index contributed by atoms with van der Waals surface area (Å²) in [4.78, 5) is 42.9. The van der Waals surface area contributed by atoms with E-state index in [9.17, 15) is 9.59 Å². The van der Waals surface area contributed by atoms with E-state index in [1.807, 2.05) is 44.3 Å². The quantitative estimate of drug-likeness (QED) is 0.246. The molecule has 1 fully saturated rings. The van der Waals surface area contributed by atoms with Crippen LogP contribution in [0.4, 0.5) is 17.5 Å². The molecule has 11 nitrogen and oxygen atoms in total. The zero-order valence-electron chi connectivity index (χ0n) is 23.8. The summed E-state index contributed by atoms with van der Waals surface area (Å²) in [6.45, 7) is 6.51. The van der Waals surface area contributed by atoms with E-state index in [4.69, 9.17) is 4.74 Å². The number of carbonyl (C=O) groups is 2. The van der Waals surface area contributed by atoms with Crippen molar-refractivity contribution in [3.8, 4) is 5.88 Å². The summed E-state index contributed by atoms with van der Waals surface area (Å²) in [7, 11) is 5.46. The molecule has 0 radical (unpaired) electrons. The molecule has 1 aliphatic rings. The van der Waals surface area contributed by atoms with Gasteiger partial charge in [0, 0.05) is 62.0 Å². The van der Waals surface area contributed by atoms with Crippen molar-refractivity contribution in [3.63, 3.8) is 0 Å². The van der Waals surface area contributed by atoms with Crippen LogP contribution < -0.4 is 20.7 Å². The van der Waals surface area contributed by atoms with Gasteiger partial charge in [0.1, 0.15) is 11.4 Å². The number of aryl methyl sites for hydroxylation is 1. The predicted molar refractivity (Wildman–Crippen MR) is 153 cm³/mol. The van der Waals surface area contributed by atoms with Crippen LogP contribution in [0.1, 0.15) is 45.1 Å². The van der Waals surface area contributed by atoms with Gasteiger partial charge in [0.2, 0.25) is 23.6 Å². The van der Waals surface area contributed by atoms with Gasteiger partial charge < -0.3 is 30.5 Å². The third kappa shape index (κ3) is 8.38. The third-order valence-electron chi connectivity index (χ3n) is 6.64. The van der Waals surface area contributed by atoms with E-state index in [1.165, 1.54) is 0 Å². The molecule has 2 aromatic heterocycles. The highest BCUT2D eigenvalue weighted by Crippen LogP contribution is 2.29. The van der Waals surface area contributed by atoms with Gasteiger partial charge in [-0.25, -0.2) is 9.97 Å². The van der Waals surface area contributed by atoms with Gasteiger partial charge in [-0.3, -0.25) is 9.59 Å². The van der Waals surface area contributed by atoms with E-state index < -0.39 is 5.54 Å². The number of hydrogen-bond acceptors (Lipinski definition) is 9. The SMILES string of the molecule is CCCNc1nc(Nc2ccnc(OC)c2)ncc1CCCNC(=O)C1(C)CCCN1C(=O)/C=C/CN(C)C. The summed E-state index contributed by atoms with van der Waals surface area (Å²) in [6.07, 6.45) is 10.7. The molecule has 0 saturated carbocycles. The molecule has 1 aliphatic heterocycles. The number of ether oxygens (including phenoxy) is 1. The Labute approximate surface area is 231 Å². The Morgan fingerprint density at radius 2 is 2.08 bits per heavy atom. The molecule has 2 aromatic rings. The second-order valence-corrected chi connectivity index (χ2v) is 10.1. The first-order valence-corrected chi connectivity index (χ1v) is 13.5. The molecule has 0 aliphatic carbocycles. The third-order valence-corrected chi connectivity index (χ3v) is 6.64. The standard InChI is InChI=1S/C28H42N8O3/c1-6-14-30-25-21(20-32-27(34-25)33-22-12-16-29-23(19-22)39-5)10-7-15-31-26(38)28(2)13-9-18-36(28)24(37)11-8-17-35(3)4/h8,11-12,16,19-20H,6-7,9-10,13-15,17-18H2,1-5H3,(H,31,38)(H2,29,30,32,33,34)/b11-8+. The molecule has 1 unspecified atom stereocenters. The molecule has 1 saturated heterocycles. The number of amides is 2. The molecule has 0 bridgehead atoms. The van der Waals surface area contributed by atoms with E-state index >= 15 is 0 Å². The van der Waals surface area contributed by atoms with Crippen molar-refractivity contribution in [2.24, 2.45) is 0 Å². The van der Waals surface area contributed by atoms with Crippen LogP contribution in [0, 0.1) is 0 Å². The van der Waals surface area contributed by atoms with E-state index in [-0.39, 0.29) is 11.8 Å². The minimum Gasteiger partial charge on any atom is -0.481 e. The fraction of sp³-hybridized carbons (Fsp3) is 0.536. The average molecular weight is 539 g/mol. The van der Waals surface area contributed by atoms with E-state index in [1.54, 1.807) is 30.3 Å². The highest BCUT2D eigenvalue weighted by atomic mass is 16.5. The number of likely N-dealkylation sites (tertiary alicyclic amines) is 1. The second kappa shape index (κ2) is 14.4. The lowest BCUT2D eigenvalue weighted by Crippen LogP contribution is -2.55. The predicted octanol–water partition coefficient (Wildman–Crippen LogP) is 2.99. The molecule has 0 aromatic carbocycles. The Bertz CT molecular complexity index is 1140. The Hall–Kier alpha value is -3.73. The minimum absolute atomic E-state index is 0.109.